The fourth-order valence-corrected chi connectivity index (χ4v) is 2.53. The molecule has 0 saturated carbocycles. The first-order valence-electron chi connectivity index (χ1n) is 7.04. The van der Waals surface area contributed by atoms with Gasteiger partial charge in [-0.05, 0) is 41.8 Å². The molecule has 3 aromatic carbocycles. The van der Waals surface area contributed by atoms with Gasteiger partial charge in [0.1, 0.15) is 11.6 Å². The topological polar surface area (TPSA) is 40.5 Å². The summed E-state index contributed by atoms with van der Waals surface area (Å²) in [6.07, 6.45) is 1.16. The van der Waals surface area contributed by atoms with Crippen LogP contribution >= 0.6 is 0 Å². The summed E-state index contributed by atoms with van der Waals surface area (Å²) in [5.74, 6) is -0.853. The van der Waals surface area contributed by atoms with Crippen LogP contribution in [-0.4, -0.2) is 11.0 Å². The zero-order chi connectivity index (χ0) is 16.4. The Morgan fingerprint density at radius 1 is 1.04 bits per heavy atom. The third-order valence-corrected chi connectivity index (χ3v) is 3.58. The number of phenols is 1. The van der Waals surface area contributed by atoms with E-state index in [0.29, 0.717) is 16.8 Å². The molecule has 0 spiro atoms. The number of halogens is 1. The number of nitrogens with zero attached hydrogens (tertiary/aromatic N) is 1. The molecule has 23 heavy (non-hydrogen) atoms. The van der Waals surface area contributed by atoms with Crippen LogP contribution in [0.2, 0.25) is 0 Å². The van der Waals surface area contributed by atoms with Gasteiger partial charge in [-0.1, -0.05) is 36.9 Å². The second-order valence-electron chi connectivity index (χ2n) is 5.01. The van der Waals surface area contributed by atoms with E-state index in [-0.39, 0.29) is 5.75 Å². The lowest BCUT2D eigenvalue weighted by atomic mass is 10.1. The van der Waals surface area contributed by atoms with E-state index in [1.807, 2.05) is 24.3 Å². The SMILES string of the molecule is C=CC(=O)N(c1ccc(F)cc1)c1c(O)ccc2ccccc12. The highest BCUT2D eigenvalue weighted by atomic mass is 19.1. The molecule has 1 N–H and O–H groups in total. The van der Waals surface area contributed by atoms with E-state index in [0.717, 1.165) is 11.5 Å². The lowest BCUT2D eigenvalue weighted by Gasteiger charge is -2.24. The van der Waals surface area contributed by atoms with Crippen molar-refractivity contribution in [2.45, 2.75) is 0 Å². The average Bonchev–Trinajstić information content (AvgIpc) is 2.58. The lowest BCUT2D eigenvalue weighted by Crippen LogP contribution is -2.24. The van der Waals surface area contributed by atoms with E-state index in [9.17, 15) is 14.3 Å². The minimum Gasteiger partial charge on any atom is -0.506 e. The molecule has 4 heteroatoms. The van der Waals surface area contributed by atoms with E-state index in [2.05, 4.69) is 6.58 Å². The molecule has 3 nitrogen and oxygen atoms in total. The third-order valence-electron chi connectivity index (χ3n) is 3.58. The molecule has 0 radical (unpaired) electrons. The molecule has 0 atom stereocenters. The summed E-state index contributed by atoms with van der Waals surface area (Å²) >= 11 is 0. The number of hydrogen-bond donors (Lipinski definition) is 1. The summed E-state index contributed by atoms with van der Waals surface area (Å²) in [6, 6.07) is 16.2. The molecule has 0 aliphatic carbocycles. The quantitative estimate of drug-likeness (QED) is 0.722. The first-order chi connectivity index (χ1) is 11.1. The van der Waals surface area contributed by atoms with Gasteiger partial charge in [0.2, 0.25) is 0 Å². The average molecular weight is 307 g/mol. The first kappa shape index (κ1) is 14.8. The van der Waals surface area contributed by atoms with Crippen LogP contribution in [0.4, 0.5) is 15.8 Å². The summed E-state index contributed by atoms with van der Waals surface area (Å²) < 4.78 is 13.2. The summed E-state index contributed by atoms with van der Waals surface area (Å²) in [5, 5.41) is 11.9. The van der Waals surface area contributed by atoms with Crippen molar-refractivity contribution in [1.29, 1.82) is 0 Å². The predicted octanol–water partition coefficient (Wildman–Crippen LogP) is 4.54. The molecule has 0 unspecified atom stereocenters. The monoisotopic (exact) mass is 307 g/mol. The Morgan fingerprint density at radius 2 is 1.74 bits per heavy atom. The van der Waals surface area contributed by atoms with Gasteiger partial charge in [-0.3, -0.25) is 9.69 Å². The van der Waals surface area contributed by atoms with Gasteiger partial charge in [0, 0.05) is 11.1 Å². The zero-order valence-corrected chi connectivity index (χ0v) is 12.2. The number of hydrogen-bond acceptors (Lipinski definition) is 2. The number of benzene rings is 3. The van der Waals surface area contributed by atoms with Crippen LogP contribution in [0, 0.1) is 5.82 Å². The molecule has 0 fully saturated rings. The van der Waals surface area contributed by atoms with Crippen molar-refractivity contribution in [2.24, 2.45) is 0 Å². The van der Waals surface area contributed by atoms with Crippen LogP contribution in [0.1, 0.15) is 0 Å². The number of rotatable bonds is 3. The number of carbonyl (C=O) groups is 1. The number of amides is 1. The zero-order valence-electron chi connectivity index (χ0n) is 12.2. The van der Waals surface area contributed by atoms with Crippen molar-refractivity contribution < 1.29 is 14.3 Å². The Kier molecular flexibility index (Phi) is 3.81. The van der Waals surface area contributed by atoms with Crippen molar-refractivity contribution in [1.82, 2.24) is 0 Å². The smallest absolute Gasteiger partial charge is 0.255 e. The number of carbonyl (C=O) groups excluding carboxylic acids is 1. The van der Waals surface area contributed by atoms with Crippen molar-refractivity contribution in [3.63, 3.8) is 0 Å². The molecule has 1 amide bonds. The molecular weight excluding hydrogens is 293 g/mol. The molecular formula is C19H14FNO2. The van der Waals surface area contributed by atoms with Gasteiger partial charge in [-0.15, -0.1) is 0 Å². The number of fused-ring (bicyclic) bond motifs is 1. The van der Waals surface area contributed by atoms with Crippen LogP contribution in [0.5, 0.6) is 5.75 Å². The minimum atomic E-state index is -0.414. The lowest BCUT2D eigenvalue weighted by molar-refractivity contribution is -0.113. The molecule has 0 aliphatic heterocycles. The van der Waals surface area contributed by atoms with Gasteiger partial charge in [-0.2, -0.15) is 0 Å². The molecule has 0 saturated heterocycles. The molecule has 3 rings (SSSR count). The molecule has 0 aromatic heterocycles. The van der Waals surface area contributed by atoms with E-state index in [1.165, 1.54) is 35.2 Å². The van der Waals surface area contributed by atoms with E-state index >= 15 is 0 Å². The first-order valence-corrected chi connectivity index (χ1v) is 7.04. The summed E-state index contributed by atoms with van der Waals surface area (Å²) in [7, 11) is 0. The maximum Gasteiger partial charge on any atom is 0.255 e. The number of anilines is 2. The molecule has 0 bridgehead atoms. The second-order valence-corrected chi connectivity index (χ2v) is 5.01. The predicted molar refractivity (Wildman–Crippen MR) is 89.4 cm³/mol. The Labute approximate surface area is 132 Å². The van der Waals surface area contributed by atoms with Gasteiger partial charge in [0.15, 0.2) is 0 Å². The Morgan fingerprint density at radius 3 is 2.43 bits per heavy atom. The molecule has 0 aliphatic rings. The highest BCUT2D eigenvalue weighted by Gasteiger charge is 2.21. The summed E-state index contributed by atoms with van der Waals surface area (Å²) in [6.45, 7) is 3.51. The van der Waals surface area contributed by atoms with Crippen LogP contribution in [0.15, 0.2) is 73.3 Å². The maximum absolute atomic E-state index is 13.2. The van der Waals surface area contributed by atoms with Crippen molar-refractivity contribution in [2.75, 3.05) is 4.90 Å². The Hall–Kier alpha value is -3.14. The van der Waals surface area contributed by atoms with Gasteiger partial charge in [0.25, 0.3) is 5.91 Å². The van der Waals surface area contributed by atoms with Crippen LogP contribution < -0.4 is 4.90 Å². The Balaban J connectivity index is 2.29. The van der Waals surface area contributed by atoms with Crippen molar-refractivity contribution >= 4 is 28.1 Å². The number of aromatic hydroxyl groups is 1. The van der Waals surface area contributed by atoms with Gasteiger partial charge in [0.05, 0.1) is 5.69 Å². The standard InChI is InChI=1S/C19H14FNO2/c1-2-18(23)21(15-10-8-14(20)9-11-15)19-16-6-4-3-5-13(16)7-12-17(19)22/h2-12,22H,1H2. The molecule has 3 aromatic rings. The molecule has 0 heterocycles. The minimum absolute atomic E-state index is 0.0387. The fourth-order valence-electron chi connectivity index (χ4n) is 2.53. The van der Waals surface area contributed by atoms with Crippen LogP contribution in [0.25, 0.3) is 10.8 Å². The fraction of sp³-hybridized carbons (Fsp3) is 0. The van der Waals surface area contributed by atoms with E-state index in [4.69, 9.17) is 0 Å². The maximum atomic E-state index is 13.2. The second kappa shape index (κ2) is 5.93. The normalized spacial score (nSPS) is 10.5. The van der Waals surface area contributed by atoms with Crippen molar-refractivity contribution in [3.8, 4) is 5.75 Å². The number of phenolic OH excluding ortho intramolecular Hbond substituents is 1. The van der Waals surface area contributed by atoms with Crippen molar-refractivity contribution in [3.05, 3.63) is 79.1 Å². The van der Waals surface area contributed by atoms with E-state index < -0.39 is 11.7 Å². The van der Waals surface area contributed by atoms with Gasteiger partial charge in [-0.25, -0.2) is 4.39 Å². The van der Waals surface area contributed by atoms with Crippen LogP contribution in [0.3, 0.4) is 0 Å². The summed E-state index contributed by atoms with van der Waals surface area (Å²) in [5.41, 5.74) is 0.794. The van der Waals surface area contributed by atoms with E-state index in [1.54, 1.807) is 6.07 Å². The highest BCUT2D eigenvalue weighted by Crippen LogP contribution is 2.39. The highest BCUT2D eigenvalue weighted by molar-refractivity contribution is 6.13. The van der Waals surface area contributed by atoms with Gasteiger partial charge >= 0.3 is 0 Å². The summed E-state index contributed by atoms with van der Waals surface area (Å²) in [4.78, 5) is 13.7. The largest absolute Gasteiger partial charge is 0.506 e. The van der Waals surface area contributed by atoms with Crippen LogP contribution in [-0.2, 0) is 4.79 Å². The Bertz CT molecular complexity index is 888. The molecule has 114 valence electrons. The third kappa shape index (κ3) is 2.66. The van der Waals surface area contributed by atoms with Gasteiger partial charge < -0.3 is 5.11 Å².